The van der Waals surface area contributed by atoms with E-state index in [1.807, 2.05) is 24.4 Å². The van der Waals surface area contributed by atoms with E-state index in [1.165, 1.54) is 0 Å². The molecule has 1 heterocycles. The van der Waals surface area contributed by atoms with E-state index < -0.39 is 12.2 Å². The predicted octanol–water partition coefficient (Wildman–Crippen LogP) is 0.945. The maximum Gasteiger partial charge on any atom is 0.105 e. The molecule has 16 heavy (non-hydrogen) atoms. The Morgan fingerprint density at radius 1 is 1.19 bits per heavy atom. The van der Waals surface area contributed by atoms with Gasteiger partial charge in [0.25, 0.3) is 0 Å². The standard InChI is InChI=1S/C12H15NO3/c14-6-4-11(15)12(16)9-1-2-10-8(7-9)3-5-13-10/h1-3,5,7,11-16H,4,6H2. The molecule has 1 aromatic heterocycles. The first kappa shape index (κ1) is 11.1. The highest BCUT2D eigenvalue weighted by atomic mass is 16.3. The zero-order valence-corrected chi connectivity index (χ0v) is 8.80. The molecule has 0 aliphatic carbocycles. The van der Waals surface area contributed by atoms with Gasteiger partial charge in [-0.2, -0.15) is 0 Å². The quantitative estimate of drug-likeness (QED) is 0.620. The molecule has 4 heteroatoms. The van der Waals surface area contributed by atoms with Crippen LogP contribution in [0.15, 0.2) is 30.5 Å². The van der Waals surface area contributed by atoms with Crippen molar-refractivity contribution in [2.45, 2.75) is 18.6 Å². The molecule has 0 bridgehead atoms. The highest BCUT2D eigenvalue weighted by Gasteiger charge is 2.17. The second kappa shape index (κ2) is 4.65. The Morgan fingerprint density at radius 3 is 2.75 bits per heavy atom. The van der Waals surface area contributed by atoms with Crippen LogP contribution in [0.3, 0.4) is 0 Å². The van der Waals surface area contributed by atoms with Crippen molar-refractivity contribution < 1.29 is 15.3 Å². The van der Waals surface area contributed by atoms with E-state index >= 15 is 0 Å². The third-order valence-electron chi connectivity index (χ3n) is 2.71. The molecule has 4 N–H and O–H groups in total. The SMILES string of the molecule is OCCC(O)C(O)c1ccc2[nH]ccc2c1. The second-order valence-corrected chi connectivity index (χ2v) is 3.85. The van der Waals surface area contributed by atoms with Gasteiger partial charge in [0.05, 0.1) is 6.10 Å². The Hall–Kier alpha value is -1.36. The lowest BCUT2D eigenvalue weighted by Gasteiger charge is -2.17. The number of nitrogens with one attached hydrogen (secondary N) is 1. The first-order chi connectivity index (χ1) is 7.72. The molecule has 0 saturated heterocycles. The van der Waals surface area contributed by atoms with Crippen LogP contribution in [0.2, 0.25) is 0 Å². The second-order valence-electron chi connectivity index (χ2n) is 3.85. The van der Waals surface area contributed by atoms with Crippen molar-refractivity contribution in [2.75, 3.05) is 6.61 Å². The van der Waals surface area contributed by atoms with Gasteiger partial charge in [-0.3, -0.25) is 0 Å². The Balaban J connectivity index is 2.24. The summed E-state index contributed by atoms with van der Waals surface area (Å²) in [4.78, 5) is 3.06. The number of fused-ring (bicyclic) bond motifs is 1. The lowest BCUT2D eigenvalue weighted by atomic mass is 10.0. The normalized spacial score (nSPS) is 15.2. The number of hydrogen-bond donors (Lipinski definition) is 4. The molecule has 0 saturated carbocycles. The van der Waals surface area contributed by atoms with E-state index in [0.717, 1.165) is 10.9 Å². The molecule has 0 spiro atoms. The molecule has 0 aliphatic heterocycles. The summed E-state index contributed by atoms with van der Waals surface area (Å²) in [6, 6.07) is 7.37. The molecular formula is C12H15NO3. The lowest BCUT2D eigenvalue weighted by Crippen LogP contribution is -2.19. The van der Waals surface area contributed by atoms with Crippen LogP contribution < -0.4 is 0 Å². The molecule has 0 aliphatic rings. The number of benzene rings is 1. The molecule has 2 unspecified atom stereocenters. The summed E-state index contributed by atoms with van der Waals surface area (Å²) in [5.74, 6) is 0. The fraction of sp³-hybridized carbons (Fsp3) is 0.333. The van der Waals surface area contributed by atoms with Crippen LogP contribution in [-0.4, -0.2) is 33.0 Å². The zero-order valence-electron chi connectivity index (χ0n) is 8.80. The Morgan fingerprint density at radius 2 is 2.00 bits per heavy atom. The van der Waals surface area contributed by atoms with E-state index in [1.54, 1.807) is 6.07 Å². The van der Waals surface area contributed by atoms with Gasteiger partial charge in [0.1, 0.15) is 6.10 Å². The van der Waals surface area contributed by atoms with Gasteiger partial charge in [0.15, 0.2) is 0 Å². The van der Waals surface area contributed by atoms with Crippen molar-refractivity contribution in [1.82, 2.24) is 4.98 Å². The summed E-state index contributed by atoms with van der Waals surface area (Å²) in [6.45, 7) is -0.134. The fourth-order valence-electron chi connectivity index (χ4n) is 1.77. The number of aromatic amines is 1. The molecule has 2 atom stereocenters. The average Bonchev–Trinajstić information content (AvgIpc) is 2.75. The first-order valence-electron chi connectivity index (χ1n) is 5.26. The monoisotopic (exact) mass is 221 g/mol. The number of aromatic nitrogens is 1. The summed E-state index contributed by atoms with van der Waals surface area (Å²) in [5.41, 5.74) is 1.65. The molecule has 4 nitrogen and oxygen atoms in total. The van der Waals surface area contributed by atoms with Crippen LogP contribution in [0, 0.1) is 0 Å². The number of aliphatic hydroxyl groups excluding tert-OH is 3. The maximum atomic E-state index is 9.85. The van der Waals surface area contributed by atoms with E-state index in [4.69, 9.17) is 5.11 Å². The predicted molar refractivity (Wildman–Crippen MR) is 61.0 cm³/mol. The highest BCUT2D eigenvalue weighted by Crippen LogP contribution is 2.22. The first-order valence-corrected chi connectivity index (χ1v) is 5.26. The van der Waals surface area contributed by atoms with Gasteiger partial charge < -0.3 is 20.3 Å². The summed E-state index contributed by atoms with van der Waals surface area (Å²) in [6.07, 6.45) is 0.116. The van der Waals surface area contributed by atoms with Gasteiger partial charge in [-0.25, -0.2) is 0 Å². The summed E-state index contributed by atoms with van der Waals surface area (Å²) >= 11 is 0. The largest absolute Gasteiger partial charge is 0.396 e. The number of aliphatic hydroxyl groups is 3. The third-order valence-corrected chi connectivity index (χ3v) is 2.71. The molecule has 86 valence electrons. The van der Waals surface area contributed by atoms with Gasteiger partial charge in [-0.15, -0.1) is 0 Å². The van der Waals surface area contributed by atoms with Gasteiger partial charge in [0, 0.05) is 18.3 Å². The highest BCUT2D eigenvalue weighted by molar-refractivity contribution is 5.80. The van der Waals surface area contributed by atoms with Gasteiger partial charge in [0.2, 0.25) is 0 Å². The van der Waals surface area contributed by atoms with E-state index in [2.05, 4.69) is 4.98 Å². The lowest BCUT2D eigenvalue weighted by molar-refractivity contribution is 0.00429. The summed E-state index contributed by atoms with van der Waals surface area (Å²) < 4.78 is 0. The smallest absolute Gasteiger partial charge is 0.105 e. The third kappa shape index (κ3) is 2.09. The molecule has 2 rings (SSSR count). The van der Waals surface area contributed by atoms with Crippen LogP contribution in [0.5, 0.6) is 0 Å². The summed E-state index contributed by atoms with van der Waals surface area (Å²) in [7, 11) is 0. The average molecular weight is 221 g/mol. The minimum Gasteiger partial charge on any atom is -0.396 e. The zero-order chi connectivity index (χ0) is 11.5. The van der Waals surface area contributed by atoms with Crippen molar-refractivity contribution in [3.63, 3.8) is 0 Å². The van der Waals surface area contributed by atoms with Crippen molar-refractivity contribution in [1.29, 1.82) is 0 Å². The van der Waals surface area contributed by atoms with Crippen LogP contribution in [-0.2, 0) is 0 Å². The Kier molecular flexibility index (Phi) is 3.24. The van der Waals surface area contributed by atoms with Crippen molar-refractivity contribution in [3.8, 4) is 0 Å². The number of rotatable bonds is 4. The fourth-order valence-corrected chi connectivity index (χ4v) is 1.77. The van der Waals surface area contributed by atoms with Gasteiger partial charge >= 0.3 is 0 Å². The van der Waals surface area contributed by atoms with E-state index in [9.17, 15) is 10.2 Å². The molecule has 1 aromatic carbocycles. The van der Waals surface area contributed by atoms with Crippen molar-refractivity contribution in [2.24, 2.45) is 0 Å². The molecule has 0 radical (unpaired) electrons. The van der Waals surface area contributed by atoms with Crippen molar-refractivity contribution >= 4 is 10.9 Å². The van der Waals surface area contributed by atoms with Gasteiger partial charge in [-0.1, -0.05) is 6.07 Å². The van der Waals surface area contributed by atoms with Crippen LogP contribution in [0.4, 0.5) is 0 Å². The molecule has 0 amide bonds. The Labute approximate surface area is 93.2 Å². The molecular weight excluding hydrogens is 206 g/mol. The van der Waals surface area contributed by atoms with Gasteiger partial charge in [-0.05, 0) is 35.6 Å². The molecule has 2 aromatic rings. The minimum atomic E-state index is -0.952. The number of H-pyrrole nitrogens is 1. The summed E-state index contributed by atoms with van der Waals surface area (Å²) in [5, 5.41) is 29.1. The van der Waals surface area contributed by atoms with Crippen LogP contribution >= 0.6 is 0 Å². The van der Waals surface area contributed by atoms with Crippen molar-refractivity contribution in [3.05, 3.63) is 36.0 Å². The molecule has 0 fully saturated rings. The number of hydrogen-bond acceptors (Lipinski definition) is 3. The maximum absolute atomic E-state index is 9.85. The topological polar surface area (TPSA) is 76.5 Å². The van der Waals surface area contributed by atoms with Crippen LogP contribution in [0.1, 0.15) is 18.1 Å². The van der Waals surface area contributed by atoms with E-state index in [0.29, 0.717) is 5.56 Å². The minimum absolute atomic E-state index is 0.134. The van der Waals surface area contributed by atoms with E-state index in [-0.39, 0.29) is 13.0 Å². The van der Waals surface area contributed by atoms with Crippen LogP contribution in [0.25, 0.3) is 10.9 Å². The Bertz CT molecular complexity index is 466.